The van der Waals surface area contributed by atoms with Crippen LogP contribution in [0.2, 0.25) is 0 Å². The molecule has 0 unspecified atom stereocenters. The van der Waals surface area contributed by atoms with Crippen molar-refractivity contribution in [3.63, 3.8) is 0 Å². The van der Waals surface area contributed by atoms with Crippen LogP contribution in [-0.4, -0.2) is 75.0 Å². The second-order valence-corrected chi connectivity index (χ2v) is 9.95. The average Bonchev–Trinajstić information content (AvgIpc) is 3.11. The van der Waals surface area contributed by atoms with Crippen LogP contribution >= 0.6 is 11.3 Å². The van der Waals surface area contributed by atoms with Gasteiger partial charge in [0, 0.05) is 56.2 Å². The third-order valence-corrected chi connectivity index (χ3v) is 6.42. The maximum Gasteiger partial charge on any atom is 0.223 e. The molecule has 8 heteroatoms. The molecule has 6 nitrogen and oxygen atoms in total. The van der Waals surface area contributed by atoms with Crippen LogP contribution in [0.3, 0.4) is 0 Å². The van der Waals surface area contributed by atoms with E-state index in [4.69, 9.17) is 4.74 Å². The molecule has 1 aromatic rings. The molecule has 0 bridgehead atoms. The first kappa shape index (κ1) is 17.8. The molecule has 2 fully saturated rings. The zero-order valence-corrected chi connectivity index (χ0v) is 15.5. The predicted molar refractivity (Wildman–Crippen MR) is 93.7 cm³/mol. The molecule has 0 spiro atoms. The summed E-state index contributed by atoms with van der Waals surface area (Å²) in [6, 6.07) is 4.21. The number of sulfone groups is 1. The van der Waals surface area contributed by atoms with E-state index in [1.807, 2.05) is 0 Å². The lowest BCUT2D eigenvalue weighted by Gasteiger charge is -2.22. The Morgan fingerprint density at radius 1 is 1.38 bits per heavy atom. The van der Waals surface area contributed by atoms with Crippen LogP contribution in [0, 0.1) is 5.92 Å². The Labute approximate surface area is 147 Å². The molecule has 2 atom stereocenters. The molecule has 3 heterocycles. The van der Waals surface area contributed by atoms with Gasteiger partial charge in [-0.1, -0.05) is 6.07 Å². The van der Waals surface area contributed by atoms with Crippen molar-refractivity contribution in [2.24, 2.45) is 5.92 Å². The van der Waals surface area contributed by atoms with Crippen LogP contribution in [0.25, 0.3) is 0 Å². The van der Waals surface area contributed by atoms with E-state index in [0.29, 0.717) is 25.6 Å². The number of ether oxygens (including phenoxy) is 1. The normalized spacial score (nSPS) is 25.5. The number of carbonyl (C=O) groups is 1. The van der Waals surface area contributed by atoms with E-state index in [2.05, 4.69) is 22.4 Å². The number of nitrogens with zero attached hydrogens (tertiary/aromatic N) is 2. The summed E-state index contributed by atoms with van der Waals surface area (Å²) < 4.78 is 28.4. The number of amides is 1. The van der Waals surface area contributed by atoms with Crippen molar-refractivity contribution >= 4 is 27.1 Å². The summed E-state index contributed by atoms with van der Waals surface area (Å²) in [5.41, 5.74) is 0. The van der Waals surface area contributed by atoms with Gasteiger partial charge in [0.05, 0.1) is 18.5 Å². The summed E-state index contributed by atoms with van der Waals surface area (Å²) in [7, 11) is -3.10. The molecule has 0 radical (unpaired) electrons. The molecule has 0 aliphatic carbocycles. The molecular weight excluding hydrogens is 348 g/mol. The van der Waals surface area contributed by atoms with Crippen LogP contribution in [0.5, 0.6) is 0 Å². The molecular formula is C16H24N2O4S2. The van der Waals surface area contributed by atoms with E-state index >= 15 is 0 Å². The molecule has 2 saturated heterocycles. The number of fused-ring (bicyclic) bond motifs is 1. The minimum absolute atomic E-state index is 0.0666. The van der Waals surface area contributed by atoms with Gasteiger partial charge in [0.2, 0.25) is 5.91 Å². The molecule has 0 aromatic carbocycles. The number of hydrogen-bond donors (Lipinski definition) is 0. The van der Waals surface area contributed by atoms with Crippen molar-refractivity contribution < 1.29 is 17.9 Å². The fourth-order valence-electron chi connectivity index (χ4n) is 3.36. The first-order chi connectivity index (χ1) is 11.4. The molecule has 2 aliphatic heterocycles. The fraction of sp³-hybridized carbons (Fsp3) is 0.688. The highest BCUT2D eigenvalue weighted by atomic mass is 32.2. The van der Waals surface area contributed by atoms with Crippen molar-refractivity contribution in [1.82, 2.24) is 9.80 Å². The van der Waals surface area contributed by atoms with Crippen LogP contribution in [-0.2, 0) is 25.9 Å². The summed E-state index contributed by atoms with van der Waals surface area (Å²) >= 11 is 1.76. The summed E-state index contributed by atoms with van der Waals surface area (Å²) in [5.74, 6) is 0.139. The van der Waals surface area contributed by atoms with Crippen molar-refractivity contribution in [3.05, 3.63) is 22.4 Å². The largest absolute Gasteiger partial charge is 0.375 e. The van der Waals surface area contributed by atoms with Crippen molar-refractivity contribution in [1.29, 1.82) is 0 Å². The van der Waals surface area contributed by atoms with Gasteiger partial charge >= 0.3 is 0 Å². The summed E-state index contributed by atoms with van der Waals surface area (Å²) in [6.45, 7) is 4.67. The zero-order valence-electron chi connectivity index (χ0n) is 13.9. The van der Waals surface area contributed by atoms with E-state index in [-0.39, 0.29) is 24.2 Å². The lowest BCUT2D eigenvalue weighted by Crippen LogP contribution is -2.34. The Morgan fingerprint density at radius 3 is 2.92 bits per heavy atom. The van der Waals surface area contributed by atoms with Gasteiger partial charge in [-0.15, -0.1) is 11.3 Å². The van der Waals surface area contributed by atoms with Gasteiger partial charge < -0.3 is 9.64 Å². The maximum absolute atomic E-state index is 12.3. The minimum Gasteiger partial charge on any atom is -0.375 e. The second kappa shape index (κ2) is 7.51. The number of carbonyl (C=O) groups excluding carboxylic acids is 1. The highest BCUT2D eigenvalue weighted by molar-refractivity contribution is 7.90. The maximum atomic E-state index is 12.3. The Balaban J connectivity index is 1.55. The van der Waals surface area contributed by atoms with E-state index in [9.17, 15) is 13.2 Å². The van der Waals surface area contributed by atoms with Crippen LogP contribution in [0.4, 0.5) is 0 Å². The van der Waals surface area contributed by atoms with Gasteiger partial charge in [0.1, 0.15) is 9.84 Å². The van der Waals surface area contributed by atoms with Gasteiger partial charge in [0.25, 0.3) is 0 Å². The highest BCUT2D eigenvalue weighted by Gasteiger charge is 2.38. The van der Waals surface area contributed by atoms with Gasteiger partial charge in [-0.2, -0.15) is 0 Å². The third-order valence-electron chi connectivity index (χ3n) is 4.61. The molecule has 0 saturated carbocycles. The number of likely N-dealkylation sites (tertiary alicyclic amines) is 1. The Bertz CT molecular complexity index is 660. The molecule has 24 heavy (non-hydrogen) atoms. The quantitative estimate of drug-likeness (QED) is 0.766. The van der Waals surface area contributed by atoms with E-state index < -0.39 is 9.84 Å². The zero-order chi connectivity index (χ0) is 17.2. The van der Waals surface area contributed by atoms with Gasteiger partial charge in [-0.3, -0.25) is 9.69 Å². The Kier molecular flexibility index (Phi) is 5.59. The lowest BCUT2D eigenvalue weighted by molar-refractivity contribution is -0.130. The van der Waals surface area contributed by atoms with Crippen molar-refractivity contribution in [3.8, 4) is 0 Å². The molecule has 0 N–H and O–H groups in total. The van der Waals surface area contributed by atoms with Crippen LogP contribution in [0.1, 0.15) is 11.3 Å². The minimum atomic E-state index is -3.10. The summed E-state index contributed by atoms with van der Waals surface area (Å²) in [6.07, 6.45) is 1.30. The summed E-state index contributed by atoms with van der Waals surface area (Å²) in [5, 5.41) is 2.09. The highest BCUT2D eigenvalue weighted by Crippen LogP contribution is 2.25. The monoisotopic (exact) mass is 372 g/mol. The van der Waals surface area contributed by atoms with E-state index in [0.717, 1.165) is 19.6 Å². The van der Waals surface area contributed by atoms with Crippen LogP contribution in [0.15, 0.2) is 17.5 Å². The first-order valence-electron chi connectivity index (χ1n) is 8.22. The van der Waals surface area contributed by atoms with Crippen LogP contribution < -0.4 is 0 Å². The molecule has 1 aromatic heterocycles. The van der Waals surface area contributed by atoms with Gasteiger partial charge in [-0.25, -0.2) is 8.42 Å². The standard InChI is InChI=1S/C16H24N2O4S2/c1-24(20,21)8-4-16(19)18-10-13-9-17(5-6-22-15(13)12-18)11-14-3-2-7-23-14/h2-3,7,13,15H,4-6,8-12H2,1H3/t13-,15+/m0/s1. The van der Waals surface area contributed by atoms with E-state index in [1.165, 1.54) is 11.1 Å². The molecule has 1 amide bonds. The Hall–Kier alpha value is -0.960. The molecule has 2 aliphatic rings. The molecule has 134 valence electrons. The smallest absolute Gasteiger partial charge is 0.223 e. The third kappa shape index (κ3) is 4.78. The SMILES string of the molecule is CS(=O)(=O)CCC(=O)N1C[C@@H]2CN(Cc3cccs3)CCO[C@@H]2C1. The number of thiophene rings is 1. The average molecular weight is 373 g/mol. The number of rotatable bonds is 5. The predicted octanol–water partition coefficient (Wildman–Crippen LogP) is 0.842. The molecule has 3 rings (SSSR count). The van der Waals surface area contributed by atoms with Gasteiger partial charge in [0.15, 0.2) is 0 Å². The van der Waals surface area contributed by atoms with Crippen molar-refractivity contribution in [2.45, 2.75) is 19.1 Å². The second-order valence-electron chi connectivity index (χ2n) is 6.66. The number of hydrogen-bond acceptors (Lipinski definition) is 6. The first-order valence-corrected chi connectivity index (χ1v) is 11.2. The lowest BCUT2D eigenvalue weighted by atomic mass is 10.1. The van der Waals surface area contributed by atoms with E-state index in [1.54, 1.807) is 16.2 Å². The van der Waals surface area contributed by atoms with Gasteiger partial charge in [-0.05, 0) is 11.4 Å². The van der Waals surface area contributed by atoms with Crippen molar-refractivity contribution in [2.75, 3.05) is 44.8 Å². The summed E-state index contributed by atoms with van der Waals surface area (Å²) in [4.78, 5) is 17.8. The Morgan fingerprint density at radius 2 is 2.21 bits per heavy atom. The fourth-order valence-corrected chi connectivity index (χ4v) is 4.65. The topological polar surface area (TPSA) is 66.9 Å².